The predicted octanol–water partition coefficient (Wildman–Crippen LogP) is 1.84. The van der Waals surface area contributed by atoms with Crippen LogP contribution < -0.4 is 5.73 Å². The summed E-state index contributed by atoms with van der Waals surface area (Å²) in [6.07, 6.45) is 2.25. The molecule has 1 heterocycles. The van der Waals surface area contributed by atoms with Crippen molar-refractivity contribution >= 4 is 11.6 Å². The number of carbonyl (C=O) groups excluding carboxylic acids is 1. The lowest BCUT2D eigenvalue weighted by Gasteiger charge is -2.26. The van der Waals surface area contributed by atoms with Crippen LogP contribution >= 0.6 is 0 Å². The van der Waals surface area contributed by atoms with E-state index in [9.17, 15) is 4.79 Å². The van der Waals surface area contributed by atoms with Gasteiger partial charge in [0.05, 0.1) is 12.1 Å². The number of nitrogens with zero attached hydrogens (tertiary/aromatic N) is 1. The maximum atomic E-state index is 12.2. The highest BCUT2D eigenvalue weighted by atomic mass is 16.5. The Bertz CT molecular complexity index is 448. The number of para-hydroxylation sites is 1. The molecule has 4 heteroatoms. The fourth-order valence-electron chi connectivity index (χ4n) is 2.59. The molecular formula is C15H22N2O2. The molecule has 2 rings (SSSR count). The van der Waals surface area contributed by atoms with Crippen molar-refractivity contribution in [2.24, 2.45) is 0 Å². The Morgan fingerprint density at radius 1 is 1.47 bits per heavy atom. The summed E-state index contributed by atoms with van der Waals surface area (Å²) in [6, 6.07) is 7.91. The van der Waals surface area contributed by atoms with Gasteiger partial charge in [-0.1, -0.05) is 18.2 Å². The summed E-state index contributed by atoms with van der Waals surface area (Å²) in [7, 11) is 1.87. The second-order valence-electron chi connectivity index (χ2n) is 5.14. The molecule has 2 N–H and O–H groups in total. The van der Waals surface area contributed by atoms with E-state index in [-0.39, 0.29) is 18.1 Å². The van der Waals surface area contributed by atoms with Crippen molar-refractivity contribution in [1.29, 1.82) is 0 Å². The first-order valence-electron chi connectivity index (χ1n) is 6.80. The number of benzene rings is 1. The normalized spacial score (nSPS) is 22.4. The average Bonchev–Trinajstić information content (AvgIpc) is 2.83. The van der Waals surface area contributed by atoms with Gasteiger partial charge in [0, 0.05) is 25.8 Å². The van der Waals surface area contributed by atoms with E-state index in [4.69, 9.17) is 10.5 Å². The fourth-order valence-corrected chi connectivity index (χ4v) is 2.59. The summed E-state index contributed by atoms with van der Waals surface area (Å²) in [4.78, 5) is 14.0. The van der Waals surface area contributed by atoms with E-state index in [1.807, 2.05) is 43.1 Å². The Balaban J connectivity index is 1.89. The first kappa shape index (κ1) is 13.9. The molecule has 104 valence electrons. The molecule has 0 aliphatic carbocycles. The van der Waals surface area contributed by atoms with Crippen LogP contribution in [-0.2, 0) is 16.0 Å². The Morgan fingerprint density at radius 3 is 2.84 bits per heavy atom. The number of nitrogens with two attached hydrogens (primary N) is 1. The van der Waals surface area contributed by atoms with Crippen molar-refractivity contribution in [3.8, 4) is 0 Å². The van der Waals surface area contributed by atoms with E-state index in [0.717, 1.165) is 24.3 Å². The van der Waals surface area contributed by atoms with Gasteiger partial charge in [-0.15, -0.1) is 0 Å². The Kier molecular flexibility index (Phi) is 4.43. The van der Waals surface area contributed by atoms with Gasteiger partial charge in [0.15, 0.2) is 0 Å². The minimum atomic E-state index is 0.135. The van der Waals surface area contributed by atoms with E-state index in [0.29, 0.717) is 12.8 Å². The number of anilines is 1. The third-order valence-corrected chi connectivity index (χ3v) is 3.89. The van der Waals surface area contributed by atoms with Crippen LogP contribution in [0.3, 0.4) is 0 Å². The van der Waals surface area contributed by atoms with Crippen molar-refractivity contribution in [2.45, 2.75) is 38.3 Å². The lowest BCUT2D eigenvalue weighted by Crippen LogP contribution is -2.41. The van der Waals surface area contributed by atoms with E-state index < -0.39 is 0 Å². The van der Waals surface area contributed by atoms with Gasteiger partial charge in [0.1, 0.15) is 0 Å². The molecule has 2 unspecified atom stereocenters. The van der Waals surface area contributed by atoms with Crippen molar-refractivity contribution in [3.63, 3.8) is 0 Å². The van der Waals surface area contributed by atoms with Gasteiger partial charge in [-0.25, -0.2) is 0 Å². The Labute approximate surface area is 114 Å². The summed E-state index contributed by atoms with van der Waals surface area (Å²) in [6.45, 7) is 2.77. The van der Waals surface area contributed by atoms with Gasteiger partial charge in [0.25, 0.3) is 0 Å². The molecule has 0 bridgehead atoms. The lowest BCUT2D eigenvalue weighted by molar-refractivity contribution is -0.132. The molecule has 0 aromatic heterocycles. The Hall–Kier alpha value is -1.55. The molecule has 0 saturated carbocycles. The quantitative estimate of drug-likeness (QED) is 0.842. The van der Waals surface area contributed by atoms with Gasteiger partial charge in [-0.05, 0) is 31.4 Å². The van der Waals surface area contributed by atoms with Gasteiger partial charge >= 0.3 is 0 Å². The monoisotopic (exact) mass is 262 g/mol. The maximum absolute atomic E-state index is 12.2. The average molecular weight is 262 g/mol. The SMILES string of the molecule is CC1OCCC1N(C)C(=O)CCc1ccccc1N. The topological polar surface area (TPSA) is 55.6 Å². The van der Waals surface area contributed by atoms with Crippen molar-refractivity contribution < 1.29 is 9.53 Å². The minimum Gasteiger partial charge on any atom is -0.399 e. The zero-order valence-corrected chi connectivity index (χ0v) is 11.6. The van der Waals surface area contributed by atoms with E-state index in [2.05, 4.69) is 0 Å². The molecule has 1 aromatic carbocycles. The number of aryl methyl sites for hydroxylation is 1. The van der Waals surface area contributed by atoms with Crippen molar-refractivity contribution in [1.82, 2.24) is 4.90 Å². The van der Waals surface area contributed by atoms with Crippen LogP contribution in [0.4, 0.5) is 5.69 Å². The van der Waals surface area contributed by atoms with Crippen LogP contribution in [0.5, 0.6) is 0 Å². The van der Waals surface area contributed by atoms with Gasteiger partial charge in [0.2, 0.25) is 5.91 Å². The van der Waals surface area contributed by atoms with Crippen LogP contribution in [-0.4, -0.2) is 36.6 Å². The second-order valence-corrected chi connectivity index (χ2v) is 5.14. The number of amides is 1. The number of likely N-dealkylation sites (N-methyl/N-ethyl adjacent to an activating group) is 1. The van der Waals surface area contributed by atoms with Gasteiger partial charge in [-0.3, -0.25) is 4.79 Å². The number of hydrogen-bond acceptors (Lipinski definition) is 3. The Morgan fingerprint density at radius 2 is 2.21 bits per heavy atom. The molecule has 19 heavy (non-hydrogen) atoms. The number of rotatable bonds is 4. The largest absolute Gasteiger partial charge is 0.399 e. The van der Waals surface area contributed by atoms with Crippen LogP contribution in [0.2, 0.25) is 0 Å². The predicted molar refractivity (Wildman–Crippen MR) is 75.8 cm³/mol. The van der Waals surface area contributed by atoms with Crippen molar-refractivity contribution in [2.75, 3.05) is 19.4 Å². The summed E-state index contributed by atoms with van der Waals surface area (Å²) < 4.78 is 5.50. The molecule has 0 radical (unpaired) electrons. The molecule has 1 aliphatic heterocycles. The first-order valence-corrected chi connectivity index (χ1v) is 6.80. The lowest BCUT2D eigenvalue weighted by atomic mass is 10.1. The molecule has 0 spiro atoms. The summed E-state index contributed by atoms with van der Waals surface area (Å²) >= 11 is 0. The van der Waals surface area contributed by atoms with E-state index in [1.165, 1.54) is 0 Å². The molecule has 1 fully saturated rings. The van der Waals surface area contributed by atoms with E-state index in [1.54, 1.807) is 0 Å². The molecular weight excluding hydrogens is 240 g/mol. The maximum Gasteiger partial charge on any atom is 0.222 e. The third kappa shape index (κ3) is 3.26. The minimum absolute atomic E-state index is 0.135. The third-order valence-electron chi connectivity index (χ3n) is 3.89. The number of nitrogen functional groups attached to an aromatic ring is 1. The number of ether oxygens (including phenoxy) is 1. The zero-order valence-electron chi connectivity index (χ0n) is 11.6. The molecule has 1 amide bonds. The second kappa shape index (κ2) is 6.06. The van der Waals surface area contributed by atoms with Crippen LogP contribution in [0.15, 0.2) is 24.3 Å². The van der Waals surface area contributed by atoms with Crippen LogP contribution in [0.25, 0.3) is 0 Å². The highest BCUT2D eigenvalue weighted by Crippen LogP contribution is 2.20. The summed E-state index contributed by atoms with van der Waals surface area (Å²) in [5.41, 5.74) is 7.68. The molecule has 4 nitrogen and oxygen atoms in total. The zero-order chi connectivity index (χ0) is 13.8. The molecule has 1 saturated heterocycles. The molecule has 2 atom stereocenters. The number of hydrogen-bond donors (Lipinski definition) is 1. The standard InChI is InChI=1S/C15H22N2O2/c1-11-14(9-10-19-11)17(2)15(18)8-7-12-5-3-4-6-13(12)16/h3-6,11,14H,7-10,16H2,1-2H3. The van der Waals surface area contributed by atoms with Crippen LogP contribution in [0, 0.1) is 0 Å². The summed E-state index contributed by atoms with van der Waals surface area (Å²) in [5.74, 6) is 0.158. The smallest absolute Gasteiger partial charge is 0.222 e. The molecule has 1 aromatic rings. The highest BCUT2D eigenvalue weighted by molar-refractivity contribution is 5.76. The first-order chi connectivity index (χ1) is 9.09. The van der Waals surface area contributed by atoms with E-state index >= 15 is 0 Å². The number of carbonyl (C=O) groups is 1. The highest BCUT2D eigenvalue weighted by Gasteiger charge is 2.30. The van der Waals surface area contributed by atoms with Gasteiger partial charge in [-0.2, -0.15) is 0 Å². The van der Waals surface area contributed by atoms with Crippen molar-refractivity contribution in [3.05, 3.63) is 29.8 Å². The van der Waals surface area contributed by atoms with Crippen LogP contribution in [0.1, 0.15) is 25.3 Å². The fraction of sp³-hybridized carbons (Fsp3) is 0.533. The summed E-state index contributed by atoms with van der Waals surface area (Å²) in [5, 5.41) is 0. The molecule has 1 aliphatic rings. The van der Waals surface area contributed by atoms with Gasteiger partial charge < -0.3 is 15.4 Å².